The highest BCUT2D eigenvalue weighted by atomic mass is 32.2. The molecule has 3 unspecified atom stereocenters. The van der Waals surface area contributed by atoms with Crippen molar-refractivity contribution in [1.29, 1.82) is 0 Å². The molecule has 8 nitrogen and oxygen atoms in total. The van der Waals surface area contributed by atoms with Gasteiger partial charge in [-0.15, -0.1) is 10.2 Å². The fourth-order valence-electron chi connectivity index (χ4n) is 3.63. The lowest BCUT2D eigenvalue weighted by atomic mass is 9.86. The van der Waals surface area contributed by atoms with E-state index in [0.717, 1.165) is 31.2 Å². The first kappa shape index (κ1) is 20.4. The SMILES string of the molecule is CCn1c(-c2ccncc2)nnc1S(=O)(=O)C(C)C(=O)NC1CCCCC1C. The molecule has 0 saturated heterocycles. The molecule has 2 aromatic rings. The zero-order valence-electron chi connectivity index (χ0n) is 16.5. The summed E-state index contributed by atoms with van der Waals surface area (Å²) in [6.45, 7) is 5.70. The first-order valence-corrected chi connectivity index (χ1v) is 11.3. The van der Waals surface area contributed by atoms with Crippen molar-refractivity contribution in [3.63, 3.8) is 0 Å². The van der Waals surface area contributed by atoms with Crippen molar-refractivity contribution in [2.45, 2.75) is 69.4 Å². The number of nitrogens with one attached hydrogen (secondary N) is 1. The summed E-state index contributed by atoms with van der Waals surface area (Å²) in [6.07, 6.45) is 7.36. The van der Waals surface area contributed by atoms with Crippen molar-refractivity contribution in [3.05, 3.63) is 24.5 Å². The number of hydrogen-bond donors (Lipinski definition) is 1. The van der Waals surface area contributed by atoms with E-state index in [0.29, 0.717) is 18.3 Å². The molecule has 9 heteroatoms. The summed E-state index contributed by atoms with van der Waals surface area (Å²) in [6, 6.07) is 3.51. The van der Waals surface area contributed by atoms with Crippen molar-refractivity contribution in [2.75, 3.05) is 0 Å². The number of pyridine rings is 1. The van der Waals surface area contributed by atoms with Crippen LogP contribution in [0.15, 0.2) is 29.7 Å². The van der Waals surface area contributed by atoms with Crippen LogP contribution in [-0.4, -0.2) is 45.4 Å². The average Bonchev–Trinajstić information content (AvgIpc) is 3.14. The second-order valence-corrected chi connectivity index (χ2v) is 9.51. The van der Waals surface area contributed by atoms with Gasteiger partial charge in [-0.25, -0.2) is 8.42 Å². The van der Waals surface area contributed by atoms with Crippen LogP contribution in [-0.2, 0) is 21.2 Å². The summed E-state index contributed by atoms with van der Waals surface area (Å²) in [5.41, 5.74) is 0.721. The van der Waals surface area contributed by atoms with Crippen LogP contribution in [0.3, 0.4) is 0 Å². The number of amides is 1. The molecule has 1 amide bonds. The number of aromatic nitrogens is 4. The Morgan fingerprint density at radius 3 is 2.57 bits per heavy atom. The molecule has 3 rings (SSSR count). The third-order valence-corrected chi connectivity index (χ3v) is 7.46. The second-order valence-electron chi connectivity index (χ2n) is 7.35. The van der Waals surface area contributed by atoms with E-state index in [2.05, 4.69) is 27.4 Å². The van der Waals surface area contributed by atoms with E-state index in [1.165, 1.54) is 11.5 Å². The molecule has 2 aromatic heterocycles. The first-order valence-electron chi connectivity index (χ1n) is 9.74. The van der Waals surface area contributed by atoms with Crippen LogP contribution in [0, 0.1) is 5.92 Å². The predicted molar refractivity (Wildman–Crippen MR) is 105 cm³/mol. The molecule has 1 aliphatic rings. The maximum atomic E-state index is 13.1. The zero-order valence-corrected chi connectivity index (χ0v) is 17.3. The molecular weight excluding hydrogens is 378 g/mol. The molecular formula is C19H27N5O3S. The largest absolute Gasteiger partial charge is 0.352 e. The third kappa shape index (κ3) is 3.94. The van der Waals surface area contributed by atoms with Gasteiger partial charge >= 0.3 is 0 Å². The van der Waals surface area contributed by atoms with Crippen LogP contribution < -0.4 is 5.32 Å². The Hall–Kier alpha value is -2.29. The van der Waals surface area contributed by atoms with Crippen LogP contribution >= 0.6 is 0 Å². The average molecular weight is 406 g/mol. The lowest BCUT2D eigenvalue weighted by Gasteiger charge is -2.30. The van der Waals surface area contributed by atoms with Gasteiger partial charge in [0, 0.05) is 30.5 Å². The summed E-state index contributed by atoms with van der Waals surface area (Å²) in [5.74, 6) is 0.317. The van der Waals surface area contributed by atoms with Gasteiger partial charge in [-0.05, 0) is 44.7 Å². The van der Waals surface area contributed by atoms with Crippen LogP contribution in [0.2, 0.25) is 0 Å². The molecule has 0 radical (unpaired) electrons. The van der Waals surface area contributed by atoms with Gasteiger partial charge in [0.05, 0.1) is 0 Å². The molecule has 0 aromatic carbocycles. The van der Waals surface area contributed by atoms with Gasteiger partial charge in [-0.3, -0.25) is 14.3 Å². The quantitative estimate of drug-likeness (QED) is 0.790. The molecule has 1 aliphatic carbocycles. The maximum Gasteiger partial charge on any atom is 0.250 e. The Morgan fingerprint density at radius 2 is 1.93 bits per heavy atom. The lowest BCUT2D eigenvalue weighted by molar-refractivity contribution is -0.121. The summed E-state index contributed by atoms with van der Waals surface area (Å²) >= 11 is 0. The van der Waals surface area contributed by atoms with Crippen molar-refractivity contribution in [3.8, 4) is 11.4 Å². The smallest absolute Gasteiger partial charge is 0.250 e. The van der Waals surface area contributed by atoms with Gasteiger partial charge in [-0.1, -0.05) is 19.8 Å². The van der Waals surface area contributed by atoms with E-state index in [9.17, 15) is 13.2 Å². The molecule has 0 bridgehead atoms. The van der Waals surface area contributed by atoms with Crippen molar-refractivity contribution < 1.29 is 13.2 Å². The fourth-order valence-corrected chi connectivity index (χ4v) is 4.97. The van der Waals surface area contributed by atoms with E-state index in [1.54, 1.807) is 24.5 Å². The monoisotopic (exact) mass is 405 g/mol. The number of rotatable bonds is 6. The van der Waals surface area contributed by atoms with E-state index in [1.807, 2.05) is 6.92 Å². The Kier molecular flexibility index (Phi) is 6.12. The zero-order chi connectivity index (χ0) is 20.3. The molecule has 1 fully saturated rings. The molecule has 28 heavy (non-hydrogen) atoms. The number of carbonyl (C=O) groups excluding carboxylic acids is 1. The summed E-state index contributed by atoms with van der Waals surface area (Å²) < 4.78 is 27.8. The maximum absolute atomic E-state index is 13.1. The molecule has 3 atom stereocenters. The van der Waals surface area contributed by atoms with Gasteiger partial charge in [0.1, 0.15) is 5.25 Å². The van der Waals surface area contributed by atoms with Gasteiger partial charge in [0.15, 0.2) is 5.82 Å². The first-order chi connectivity index (χ1) is 13.4. The number of nitrogens with zero attached hydrogens (tertiary/aromatic N) is 4. The topological polar surface area (TPSA) is 107 Å². The predicted octanol–water partition coefficient (Wildman–Crippen LogP) is 2.22. The highest BCUT2D eigenvalue weighted by Crippen LogP contribution is 2.25. The van der Waals surface area contributed by atoms with E-state index < -0.39 is 21.0 Å². The lowest BCUT2D eigenvalue weighted by Crippen LogP contribution is -2.47. The molecule has 0 spiro atoms. The van der Waals surface area contributed by atoms with Crippen molar-refractivity contribution in [1.82, 2.24) is 25.1 Å². The van der Waals surface area contributed by atoms with Crippen molar-refractivity contribution in [2.24, 2.45) is 5.92 Å². The van der Waals surface area contributed by atoms with Crippen LogP contribution in [0.5, 0.6) is 0 Å². The molecule has 2 heterocycles. The Labute approximate surface area is 165 Å². The Bertz CT molecular complexity index is 926. The Morgan fingerprint density at radius 1 is 1.25 bits per heavy atom. The van der Waals surface area contributed by atoms with Gasteiger partial charge in [0.2, 0.25) is 15.7 Å². The number of hydrogen-bond acceptors (Lipinski definition) is 6. The molecule has 0 aliphatic heterocycles. The van der Waals surface area contributed by atoms with Gasteiger partial charge in [-0.2, -0.15) is 0 Å². The molecule has 152 valence electrons. The summed E-state index contributed by atoms with van der Waals surface area (Å²) in [7, 11) is -3.97. The Balaban J connectivity index is 1.86. The second kappa shape index (κ2) is 8.38. The van der Waals surface area contributed by atoms with Crippen molar-refractivity contribution >= 4 is 15.7 Å². The van der Waals surface area contributed by atoms with Crippen LogP contribution in [0.1, 0.15) is 46.5 Å². The van der Waals surface area contributed by atoms with Gasteiger partial charge in [0.25, 0.3) is 5.16 Å². The van der Waals surface area contributed by atoms with Gasteiger partial charge < -0.3 is 5.32 Å². The van der Waals surface area contributed by atoms with E-state index in [-0.39, 0.29) is 11.2 Å². The molecule has 1 saturated carbocycles. The van der Waals surface area contributed by atoms with Crippen LogP contribution in [0.25, 0.3) is 11.4 Å². The number of sulfone groups is 1. The fraction of sp³-hybridized carbons (Fsp3) is 0.579. The highest BCUT2D eigenvalue weighted by Gasteiger charge is 2.36. The van der Waals surface area contributed by atoms with E-state index in [4.69, 9.17) is 0 Å². The highest BCUT2D eigenvalue weighted by molar-refractivity contribution is 7.92. The van der Waals surface area contributed by atoms with E-state index >= 15 is 0 Å². The minimum Gasteiger partial charge on any atom is -0.352 e. The number of carbonyl (C=O) groups is 1. The minimum atomic E-state index is -3.97. The standard InChI is InChI=1S/C19H27N5O3S/c1-4-24-17(15-9-11-20-12-10-15)22-23-19(24)28(26,27)14(3)18(25)21-16-8-6-5-7-13(16)2/h9-14,16H,4-8H2,1-3H3,(H,21,25). The normalized spacial score (nSPS) is 21.2. The summed E-state index contributed by atoms with van der Waals surface area (Å²) in [5, 5.41) is 9.51. The molecule has 1 N–H and O–H groups in total. The van der Waals surface area contributed by atoms with Crippen LogP contribution in [0.4, 0.5) is 0 Å². The minimum absolute atomic E-state index is 0.0234. The summed E-state index contributed by atoms with van der Waals surface area (Å²) in [4.78, 5) is 16.7. The third-order valence-electron chi connectivity index (χ3n) is 5.50.